The number of benzene rings is 2. The summed E-state index contributed by atoms with van der Waals surface area (Å²) >= 11 is 0. The zero-order valence-electron chi connectivity index (χ0n) is 12.5. The standard InChI is InChI=1S/C18H16N2O2/c1-19-15(11-7-3-5-9-13(11)17(19)21)16-12-8-4-6-10-14(12)18(22)20(16)2/h3-10,15-16H,1-2H3/t15-,16+. The Morgan fingerprint density at radius 3 is 1.45 bits per heavy atom. The fraction of sp³-hybridized carbons (Fsp3) is 0.222. The van der Waals surface area contributed by atoms with Gasteiger partial charge in [0.2, 0.25) is 0 Å². The molecule has 2 aromatic rings. The van der Waals surface area contributed by atoms with Gasteiger partial charge in [-0.1, -0.05) is 36.4 Å². The molecule has 22 heavy (non-hydrogen) atoms. The van der Waals surface area contributed by atoms with E-state index in [-0.39, 0.29) is 23.9 Å². The molecule has 0 bridgehead atoms. The topological polar surface area (TPSA) is 40.6 Å². The first kappa shape index (κ1) is 13.1. The molecule has 110 valence electrons. The molecule has 2 heterocycles. The summed E-state index contributed by atoms with van der Waals surface area (Å²) in [4.78, 5) is 28.5. The Hall–Kier alpha value is -2.62. The van der Waals surface area contributed by atoms with E-state index in [4.69, 9.17) is 0 Å². The maximum absolute atomic E-state index is 12.5. The highest BCUT2D eigenvalue weighted by Gasteiger charge is 2.46. The van der Waals surface area contributed by atoms with Crippen LogP contribution in [0.4, 0.5) is 0 Å². The van der Waals surface area contributed by atoms with Crippen LogP contribution < -0.4 is 0 Å². The number of carbonyl (C=O) groups excluding carboxylic acids is 2. The summed E-state index contributed by atoms with van der Waals surface area (Å²) in [6.45, 7) is 0. The van der Waals surface area contributed by atoms with E-state index >= 15 is 0 Å². The van der Waals surface area contributed by atoms with Crippen LogP contribution in [-0.2, 0) is 0 Å². The summed E-state index contributed by atoms with van der Waals surface area (Å²) in [6.07, 6.45) is 0. The lowest BCUT2D eigenvalue weighted by Crippen LogP contribution is -2.34. The first-order chi connectivity index (χ1) is 10.6. The van der Waals surface area contributed by atoms with Crippen LogP contribution in [0, 0.1) is 0 Å². The van der Waals surface area contributed by atoms with E-state index in [1.807, 2.05) is 62.6 Å². The molecule has 0 aromatic heterocycles. The van der Waals surface area contributed by atoms with Crippen molar-refractivity contribution >= 4 is 11.8 Å². The van der Waals surface area contributed by atoms with Crippen LogP contribution in [0.15, 0.2) is 48.5 Å². The van der Waals surface area contributed by atoms with Crippen LogP contribution in [0.5, 0.6) is 0 Å². The predicted molar refractivity (Wildman–Crippen MR) is 82.6 cm³/mol. The zero-order chi connectivity index (χ0) is 15.4. The number of hydrogen-bond acceptors (Lipinski definition) is 2. The number of hydrogen-bond donors (Lipinski definition) is 0. The number of carbonyl (C=O) groups is 2. The molecule has 0 N–H and O–H groups in total. The molecule has 2 amide bonds. The third-order valence-corrected chi connectivity index (χ3v) is 4.79. The molecule has 4 nitrogen and oxygen atoms in total. The van der Waals surface area contributed by atoms with E-state index in [1.54, 1.807) is 9.80 Å². The van der Waals surface area contributed by atoms with Crippen LogP contribution in [-0.4, -0.2) is 35.7 Å². The smallest absolute Gasteiger partial charge is 0.254 e. The quantitative estimate of drug-likeness (QED) is 0.810. The van der Waals surface area contributed by atoms with Crippen molar-refractivity contribution in [1.82, 2.24) is 9.80 Å². The van der Waals surface area contributed by atoms with Gasteiger partial charge in [0.25, 0.3) is 11.8 Å². The number of fused-ring (bicyclic) bond motifs is 2. The molecule has 0 fully saturated rings. The fourth-order valence-corrected chi connectivity index (χ4v) is 3.71. The van der Waals surface area contributed by atoms with Crippen LogP contribution >= 0.6 is 0 Å². The third-order valence-electron chi connectivity index (χ3n) is 4.79. The van der Waals surface area contributed by atoms with E-state index in [1.165, 1.54) is 0 Å². The SMILES string of the molecule is CN1C(=O)c2ccccc2[C@@H]1[C@@H]1c2ccccc2C(=O)N1C. The highest BCUT2D eigenvalue weighted by molar-refractivity contribution is 6.01. The summed E-state index contributed by atoms with van der Waals surface area (Å²) in [5.41, 5.74) is 3.47. The van der Waals surface area contributed by atoms with Crippen LogP contribution in [0.3, 0.4) is 0 Å². The predicted octanol–water partition coefficient (Wildman–Crippen LogP) is 2.64. The lowest BCUT2D eigenvalue weighted by molar-refractivity contribution is 0.0596. The Labute approximate surface area is 129 Å². The Balaban J connectivity index is 1.90. The Morgan fingerprint density at radius 1 is 0.682 bits per heavy atom. The number of rotatable bonds is 1. The minimum atomic E-state index is -0.138. The van der Waals surface area contributed by atoms with E-state index in [0.717, 1.165) is 22.3 Å². The second-order valence-corrected chi connectivity index (χ2v) is 5.90. The minimum absolute atomic E-state index is 0.0193. The number of amides is 2. The molecule has 0 saturated carbocycles. The van der Waals surface area contributed by atoms with Crippen molar-refractivity contribution in [2.75, 3.05) is 14.1 Å². The third kappa shape index (κ3) is 1.52. The summed E-state index contributed by atoms with van der Waals surface area (Å²) in [7, 11) is 3.62. The van der Waals surface area contributed by atoms with Gasteiger partial charge < -0.3 is 9.80 Å². The molecule has 2 aliphatic rings. The zero-order valence-corrected chi connectivity index (χ0v) is 12.5. The molecule has 4 heteroatoms. The number of nitrogens with zero attached hydrogens (tertiary/aromatic N) is 2. The molecular formula is C18H16N2O2. The molecule has 0 aliphatic carbocycles. The Morgan fingerprint density at radius 2 is 1.05 bits per heavy atom. The van der Waals surface area contributed by atoms with Crippen LogP contribution in [0.25, 0.3) is 0 Å². The Bertz CT molecular complexity index is 732. The first-order valence-corrected chi connectivity index (χ1v) is 7.33. The summed E-state index contributed by atoms with van der Waals surface area (Å²) < 4.78 is 0. The van der Waals surface area contributed by atoms with Crippen molar-refractivity contribution < 1.29 is 9.59 Å². The Kier molecular flexibility index (Phi) is 2.64. The average molecular weight is 292 g/mol. The van der Waals surface area contributed by atoms with Crippen molar-refractivity contribution in [3.8, 4) is 0 Å². The highest BCUT2D eigenvalue weighted by atomic mass is 16.2. The molecule has 2 aromatic carbocycles. The molecule has 2 atom stereocenters. The van der Waals surface area contributed by atoms with Crippen molar-refractivity contribution in [1.29, 1.82) is 0 Å². The summed E-state index contributed by atoms with van der Waals surface area (Å²) in [5.74, 6) is 0.0386. The van der Waals surface area contributed by atoms with Gasteiger partial charge in [0.1, 0.15) is 0 Å². The van der Waals surface area contributed by atoms with E-state index in [0.29, 0.717) is 0 Å². The first-order valence-electron chi connectivity index (χ1n) is 7.33. The van der Waals surface area contributed by atoms with Crippen molar-refractivity contribution in [2.45, 2.75) is 12.1 Å². The molecule has 2 aliphatic heterocycles. The van der Waals surface area contributed by atoms with Gasteiger partial charge in [0.05, 0.1) is 12.1 Å². The van der Waals surface area contributed by atoms with E-state index in [9.17, 15) is 9.59 Å². The minimum Gasteiger partial charge on any atom is -0.332 e. The van der Waals surface area contributed by atoms with Gasteiger partial charge in [0, 0.05) is 25.2 Å². The second-order valence-electron chi connectivity index (χ2n) is 5.90. The van der Waals surface area contributed by atoms with Gasteiger partial charge in [-0.3, -0.25) is 9.59 Å². The fourth-order valence-electron chi connectivity index (χ4n) is 3.71. The van der Waals surface area contributed by atoms with Gasteiger partial charge in [-0.2, -0.15) is 0 Å². The highest BCUT2D eigenvalue weighted by Crippen LogP contribution is 2.47. The monoisotopic (exact) mass is 292 g/mol. The van der Waals surface area contributed by atoms with E-state index in [2.05, 4.69) is 0 Å². The van der Waals surface area contributed by atoms with Gasteiger partial charge in [-0.25, -0.2) is 0 Å². The molecule has 0 radical (unpaired) electrons. The lowest BCUT2D eigenvalue weighted by atomic mass is 9.93. The van der Waals surface area contributed by atoms with Crippen molar-refractivity contribution in [3.63, 3.8) is 0 Å². The summed E-state index contributed by atoms with van der Waals surface area (Å²) in [5, 5.41) is 0. The maximum Gasteiger partial charge on any atom is 0.254 e. The van der Waals surface area contributed by atoms with Crippen molar-refractivity contribution in [3.05, 3.63) is 70.8 Å². The molecule has 4 rings (SSSR count). The average Bonchev–Trinajstić information content (AvgIpc) is 2.94. The van der Waals surface area contributed by atoms with Gasteiger partial charge in [-0.15, -0.1) is 0 Å². The largest absolute Gasteiger partial charge is 0.332 e. The molecule has 0 saturated heterocycles. The van der Waals surface area contributed by atoms with Gasteiger partial charge in [-0.05, 0) is 23.3 Å². The number of likely N-dealkylation sites (N-methyl/N-ethyl adjacent to an activating group) is 2. The van der Waals surface area contributed by atoms with Gasteiger partial charge in [0.15, 0.2) is 0 Å². The van der Waals surface area contributed by atoms with Gasteiger partial charge >= 0.3 is 0 Å². The summed E-state index contributed by atoms with van der Waals surface area (Å²) in [6, 6.07) is 15.1. The second kappa shape index (κ2) is 4.44. The van der Waals surface area contributed by atoms with Crippen LogP contribution in [0.2, 0.25) is 0 Å². The maximum atomic E-state index is 12.5. The van der Waals surface area contributed by atoms with Crippen molar-refractivity contribution in [2.24, 2.45) is 0 Å². The molecule has 0 spiro atoms. The molecular weight excluding hydrogens is 276 g/mol. The normalized spacial score (nSPS) is 23.0. The molecule has 0 unspecified atom stereocenters. The lowest BCUT2D eigenvalue weighted by Gasteiger charge is -2.32. The van der Waals surface area contributed by atoms with Crippen LogP contribution in [0.1, 0.15) is 43.9 Å². The van der Waals surface area contributed by atoms with E-state index < -0.39 is 0 Å².